The summed E-state index contributed by atoms with van der Waals surface area (Å²) in [5.74, 6) is 0.301. The zero-order valence-electron chi connectivity index (χ0n) is 13.2. The van der Waals surface area contributed by atoms with Crippen LogP contribution in [0.2, 0.25) is 0 Å². The van der Waals surface area contributed by atoms with E-state index >= 15 is 0 Å². The van der Waals surface area contributed by atoms with E-state index in [1.807, 2.05) is 0 Å². The predicted octanol–water partition coefficient (Wildman–Crippen LogP) is 2.19. The van der Waals surface area contributed by atoms with Crippen molar-refractivity contribution in [3.05, 3.63) is 40.3 Å². The van der Waals surface area contributed by atoms with Crippen molar-refractivity contribution in [1.29, 1.82) is 0 Å². The normalized spacial score (nSPS) is 19.2. The Balaban J connectivity index is 1.45. The Labute approximate surface area is 147 Å². The first-order valence-corrected chi connectivity index (χ1v) is 8.73. The molecule has 25 heavy (non-hydrogen) atoms. The molecule has 1 aromatic carbocycles. The standard InChI is InChI=1S/C17H15FN2O4S/c18-10-1-3-12(4-2-10)20-8-11(7-14(20)21)19-17(22)16-15-13(9-25-16)23-5-6-24-15/h1-4,9,11H,5-8H2,(H,19,22)/t11-/m0/s1. The fraction of sp³-hybridized carbons (Fsp3) is 0.294. The van der Waals surface area contributed by atoms with Gasteiger partial charge >= 0.3 is 0 Å². The second-order valence-corrected chi connectivity index (χ2v) is 6.69. The van der Waals surface area contributed by atoms with Crippen LogP contribution in [0.4, 0.5) is 10.1 Å². The number of halogens is 1. The number of hydrogen-bond acceptors (Lipinski definition) is 5. The Morgan fingerprint density at radius 1 is 1.24 bits per heavy atom. The van der Waals surface area contributed by atoms with Crippen LogP contribution in [-0.2, 0) is 4.79 Å². The maximum absolute atomic E-state index is 13.0. The van der Waals surface area contributed by atoms with E-state index in [4.69, 9.17) is 9.47 Å². The van der Waals surface area contributed by atoms with Crippen LogP contribution < -0.4 is 19.7 Å². The van der Waals surface area contributed by atoms with E-state index in [0.717, 1.165) is 0 Å². The monoisotopic (exact) mass is 362 g/mol. The van der Waals surface area contributed by atoms with Gasteiger partial charge in [-0.25, -0.2) is 4.39 Å². The summed E-state index contributed by atoms with van der Waals surface area (Å²) < 4.78 is 24.0. The lowest BCUT2D eigenvalue weighted by molar-refractivity contribution is -0.117. The van der Waals surface area contributed by atoms with Crippen molar-refractivity contribution in [1.82, 2.24) is 5.32 Å². The summed E-state index contributed by atoms with van der Waals surface area (Å²) in [6, 6.07) is 5.41. The molecule has 4 rings (SSSR count). The van der Waals surface area contributed by atoms with E-state index in [1.165, 1.54) is 23.5 Å². The molecule has 0 bridgehead atoms. The number of carbonyl (C=O) groups excluding carboxylic acids is 2. The quantitative estimate of drug-likeness (QED) is 0.909. The first kappa shape index (κ1) is 15.9. The highest BCUT2D eigenvalue weighted by Crippen LogP contribution is 2.39. The highest BCUT2D eigenvalue weighted by molar-refractivity contribution is 7.12. The molecule has 2 aromatic rings. The third-order valence-corrected chi connectivity index (χ3v) is 5.04. The van der Waals surface area contributed by atoms with E-state index < -0.39 is 0 Å². The van der Waals surface area contributed by atoms with Crippen LogP contribution in [0.15, 0.2) is 29.6 Å². The van der Waals surface area contributed by atoms with Gasteiger partial charge in [0.25, 0.3) is 5.91 Å². The van der Waals surface area contributed by atoms with Crippen molar-refractivity contribution >= 4 is 28.8 Å². The van der Waals surface area contributed by atoms with Crippen molar-refractivity contribution in [2.75, 3.05) is 24.7 Å². The minimum Gasteiger partial charge on any atom is -0.485 e. The van der Waals surface area contributed by atoms with Crippen molar-refractivity contribution in [3.8, 4) is 11.5 Å². The molecule has 1 fully saturated rings. The molecule has 1 atom stereocenters. The van der Waals surface area contributed by atoms with Crippen LogP contribution in [0.5, 0.6) is 11.5 Å². The minimum atomic E-state index is -0.357. The van der Waals surface area contributed by atoms with E-state index in [1.54, 1.807) is 22.4 Å². The van der Waals surface area contributed by atoms with E-state index in [9.17, 15) is 14.0 Å². The van der Waals surface area contributed by atoms with Crippen molar-refractivity contribution in [2.24, 2.45) is 0 Å². The molecule has 0 unspecified atom stereocenters. The molecule has 130 valence electrons. The number of nitrogens with one attached hydrogen (secondary N) is 1. The Morgan fingerprint density at radius 2 is 2.00 bits per heavy atom. The molecular weight excluding hydrogens is 347 g/mol. The van der Waals surface area contributed by atoms with Gasteiger partial charge in [-0.1, -0.05) is 0 Å². The van der Waals surface area contributed by atoms with E-state index in [2.05, 4.69) is 5.32 Å². The largest absolute Gasteiger partial charge is 0.485 e. The van der Waals surface area contributed by atoms with Crippen molar-refractivity contribution in [2.45, 2.75) is 12.5 Å². The summed E-state index contributed by atoms with van der Waals surface area (Å²) in [4.78, 5) is 26.7. The summed E-state index contributed by atoms with van der Waals surface area (Å²) in [6.07, 6.45) is 0.202. The topological polar surface area (TPSA) is 67.9 Å². The van der Waals surface area contributed by atoms with Crippen molar-refractivity contribution < 1.29 is 23.5 Å². The maximum atomic E-state index is 13.0. The first-order chi connectivity index (χ1) is 12.1. The van der Waals surface area contributed by atoms with Crippen molar-refractivity contribution in [3.63, 3.8) is 0 Å². The molecule has 2 aliphatic rings. The Hall–Kier alpha value is -2.61. The smallest absolute Gasteiger partial charge is 0.265 e. The average Bonchev–Trinajstić information content (AvgIpc) is 3.19. The Bertz CT molecular complexity index is 821. The molecule has 0 radical (unpaired) electrons. The van der Waals surface area contributed by atoms with Gasteiger partial charge in [-0.05, 0) is 24.3 Å². The molecule has 8 heteroatoms. The number of hydrogen-bond donors (Lipinski definition) is 1. The zero-order valence-corrected chi connectivity index (χ0v) is 14.0. The number of benzene rings is 1. The van der Waals surface area contributed by atoms with Crippen LogP contribution in [0, 0.1) is 5.82 Å². The number of anilines is 1. The number of amides is 2. The van der Waals surface area contributed by atoms with Crippen LogP contribution in [0.1, 0.15) is 16.1 Å². The lowest BCUT2D eigenvalue weighted by Gasteiger charge is -2.18. The Kier molecular flexibility index (Phi) is 4.04. The van der Waals surface area contributed by atoms with Gasteiger partial charge < -0.3 is 19.7 Å². The molecule has 2 aliphatic heterocycles. The summed E-state index contributed by atoms with van der Waals surface area (Å²) in [7, 11) is 0. The lowest BCUT2D eigenvalue weighted by atomic mass is 10.2. The molecule has 0 spiro atoms. The van der Waals surface area contributed by atoms with Gasteiger partial charge in [-0.3, -0.25) is 9.59 Å². The first-order valence-electron chi connectivity index (χ1n) is 7.85. The molecular formula is C17H15FN2O4S. The molecule has 0 saturated carbocycles. The molecule has 1 aromatic heterocycles. The SMILES string of the molecule is O=C(N[C@H]1CC(=O)N(c2ccc(F)cc2)C1)c1scc2c1OCCO2. The van der Waals surface area contributed by atoms with Gasteiger partial charge in [0, 0.05) is 24.0 Å². The zero-order chi connectivity index (χ0) is 17.4. The number of carbonyl (C=O) groups is 2. The third kappa shape index (κ3) is 3.05. The number of thiophene rings is 1. The lowest BCUT2D eigenvalue weighted by Crippen LogP contribution is -2.37. The second-order valence-electron chi connectivity index (χ2n) is 5.81. The van der Waals surface area contributed by atoms with E-state index in [0.29, 0.717) is 41.8 Å². The van der Waals surface area contributed by atoms with Crippen LogP contribution in [0.25, 0.3) is 0 Å². The number of rotatable bonds is 3. The molecule has 3 heterocycles. The second kappa shape index (κ2) is 6.36. The van der Waals surface area contributed by atoms with Crippen LogP contribution in [-0.4, -0.2) is 37.6 Å². The predicted molar refractivity (Wildman–Crippen MR) is 89.9 cm³/mol. The third-order valence-electron chi connectivity index (χ3n) is 4.11. The van der Waals surface area contributed by atoms with Gasteiger partial charge in [-0.15, -0.1) is 11.3 Å². The van der Waals surface area contributed by atoms with Crippen LogP contribution in [0.3, 0.4) is 0 Å². The molecule has 0 aliphatic carbocycles. The van der Waals surface area contributed by atoms with E-state index in [-0.39, 0.29) is 30.1 Å². The minimum absolute atomic E-state index is 0.107. The maximum Gasteiger partial charge on any atom is 0.265 e. The fourth-order valence-corrected chi connectivity index (χ4v) is 3.78. The van der Waals surface area contributed by atoms with Crippen LogP contribution >= 0.6 is 11.3 Å². The summed E-state index contributed by atoms with van der Waals surface area (Å²) >= 11 is 1.25. The summed E-state index contributed by atoms with van der Waals surface area (Å²) in [5, 5.41) is 4.62. The average molecular weight is 362 g/mol. The highest BCUT2D eigenvalue weighted by atomic mass is 32.1. The summed E-state index contributed by atoms with van der Waals surface area (Å²) in [6.45, 7) is 1.22. The molecule has 1 N–H and O–H groups in total. The number of ether oxygens (including phenoxy) is 2. The van der Waals surface area contributed by atoms with Gasteiger partial charge in [0.2, 0.25) is 5.91 Å². The van der Waals surface area contributed by atoms with Gasteiger partial charge in [0.05, 0.1) is 6.04 Å². The molecule has 6 nitrogen and oxygen atoms in total. The molecule has 2 amide bonds. The summed E-state index contributed by atoms with van der Waals surface area (Å²) in [5.41, 5.74) is 0.619. The molecule has 1 saturated heterocycles. The number of fused-ring (bicyclic) bond motifs is 1. The highest BCUT2D eigenvalue weighted by Gasteiger charge is 2.33. The van der Waals surface area contributed by atoms with Gasteiger partial charge in [-0.2, -0.15) is 0 Å². The number of nitrogens with zero attached hydrogens (tertiary/aromatic N) is 1. The fourth-order valence-electron chi connectivity index (χ4n) is 2.95. The van der Waals surface area contributed by atoms with Gasteiger partial charge in [0.1, 0.15) is 23.9 Å². The van der Waals surface area contributed by atoms with Gasteiger partial charge in [0.15, 0.2) is 11.5 Å². The Morgan fingerprint density at radius 3 is 2.80 bits per heavy atom.